The molecule has 0 heterocycles. The summed E-state index contributed by atoms with van der Waals surface area (Å²) in [4.78, 5) is 22.8. The number of para-hydroxylation sites is 1. The van der Waals surface area contributed by atoms with Gasteiger partial charge in [-0.1, -0.05) is 30.3 Å². The van der Waals surface area contributed by atoms with Gasteiger partial charge in [-0.2, -0.15) is 0 Å². The van der Waals surface area contributed by atoms with Crippen molar-refractivity contribution < 1.29 is 19.4 Å². The maximum atomic E-state index is 11.9. The Morgan fingerprint density at radius 2 is 1.24 bits per heavy atom. The summed E-state index contributed by atoms with van der Waals surface area (Å²) in [5, 5.41) is 8.97. The van der Waals surface area contributed by atoms with Gasteiger partial charge in [-0.15, -0.1) is 0 Å². The first-order valence-electron chi connectivity index (χ1n) is 5.28. The molecule has 2 rings (SSSR count). The molecule has 96 valence electrons. The van der Waals surface area contributed by atoms with Gasteiger partial charge in [0.2, 0.25) is 0 Å². The number of hydrogen-bond acceptors (Lipinski definition) is 3. The number of benzene rings is 2. The molecule has 0 bridgehead atoms. The molecule has 0 atom stereocenters. The average molecular weight is 363 g/mol. The molecule has 0 fully saturated rings. The van der Waals surface area contributed by atoms with E-state index in [0.717, 1.165) is 0 Å². The van der Waals surface area contributed by atoms with Crippen molar-refractivity contribution in [2.75, 3.05) is 0 Å². The Bertz CT molecular complexity index is 588. The molecule has 0 saturated heterocycles. The van der Waals surface area contributed by atoms with Gasteiger partial charge in [-0.3, -0.25) is 0 Å². The van der Waals surface area contributed by atoms with Gasteiger partial charge in [0.1, 0.15) is 5.75 Å². The van der Waals surface area contributed by atoms with Crippen LogP contribution in [0.2, 0.25) is 0 Å². The molecule has 0 aliphatic carbocycles. The zero-order valence-electron chi connectivity index (χ0n) is 9.37. The topological polar surface area (TPSA) is 63.6 Å². The van der Waals surface area contributed by atoms with E-state index in [-0.39, 0.29) is 165 Å². The standard InChI is InChI=1S/C14H10O4.3K.3H/c15-13(16)11-8-4-5-9-12(11)14(17)18-10-6-2-1-3-7-10;;;;;;/h1-9H,(H,15,16);;;;;;. The molecule has 0 saturated carbocycles. The number of carboxylic acid groups (broad SMARTS) is 1. The summed E-state index contributed by atoms with van der Waals surface area (Å²) >= 11 is 0. The molecule has 0 aliphatic heterocycles. The predicted octanol–water partition coefficient (Wildman–Crippen LogP) is 0.658. The third-order valence-corrected chi connectivity index (χ3v) is 2.33. The van der Waals surface area contributed by atoms with E-state index in [9.17, 15) is 9.59 Å². The molecule has 0 aromatic heterocycles. The Labute approximate surface area is 250 Å². The van der Waals surface area contributed by atoms with Crippen LogP contribution in [0.25, 0.3) is 0 Å². The molecule has 2 aromatic carbocycles. The molecule has 0 amide bonds. The number of carbonyl (C=O) groups is 2. The Kier molecular flexibility index (Phi) is 16.5. The number of carboxylic acids is 1. The van der Waals surface area contributed by atoms with E-state index in [4.69, 9.17) is 9.84 Å². The average Bonchev–Trinajstić information content (AvgIpc) is 2.40. The van der Waals surface area contributed by atoms with Gasteiger partial charge in [-0.25, -0.2) is 9.59 Å². The molecule has 4 nitrogen and oxygen atoms in total. The van der Waals surface area contributed by atoms with Crippen LogP contribution in [-0.2, 0) is 0 Å². The minimum absolute atomic E-state index is 0. The van der Waals surface area contributed by atoms with Crippen LogP contribution in [0.1, 0.15) is 20.7 Å². The maximum absolute atomic E-state index is 11.9. The third-order valence-electron chi connectivity index (χ3n) is 2.33. The zero-order chi connectivity index (χ0) is 13.0. The Morgan fingerprint density at radius 3 is 1.76 bits per heavy atom. The first kappa shape index (κ1) is 25.5. The summed E-state index contributed by atoms with van der Waals surface area (Å²) < 4.78 is 5.09. The van der Waals surface area contributed by atoms with E-state index >= 15 is 0 Å². The summed E-state index contributed by atoms with van der Waals surface area (Å²) in [6.07, 6.45) is 0. The van der Waals surface area contributed by atoms with Crippen molar-refractivity contribution in [3.8, 4) is 5.75 Å². The Balaban J connectivity index is 0. The van der Waals surface area contributed by atoms with Gasteiger partial charge >= 0.3 is 166 Å². The molecular weight excluding hydrogens is 349 g/mol. The predicted molar refractivity (Wildman–Crippen MR) is 86.2 cm³/mol. The third kappa shape index (κ3) is 8.28. The van der Waals surface area contributed by atoms with E-state index in [2.05, 4.69) is 0 Å². The summed E-state index contributed by atoms with van der Waals surface area (Å²) in [6.45, 7) is 0. The van der Waals surface area contributed by atoms with Crippen molar-refractivity contribution >= 4 is 166 Å². The summed E-state index contributed by atoms with van der Waals surface area (Å²) in [7, 11) is 0. The quantitative estimate of drug-likeness (QED) is 0.495. The van der Waals surface area contributed by atoms with E-state index in [1.54, 1.807) is 42.5 Å². The van der Waals surface area contributed by atoms with Crippen LogP contribution in [0.4, 0.5) is 0 Å². The van der Waals surface area contributed by atoms with Crippen LogP contribution in [0.3, 0.4) is 0 Å². The van der Waals surface area contributed by atoms with Crippen molar-refractivity contribution in [2.24, 2.45) is 0 Å². The molecule has 0 radical (unpaired) electrons. The van der Waals surface area contributed by atoms with Crippen molar-refractivity contribution in [1.29, 1.82) is 0 Å². The number of carbonyl (C=O) groups excluding carboxylic acids is 1. The first-order chi connectivity index (χ1) is 8.68. The number of esters is 1. The van der Waals surface area contributed by atoms with E-state index in [1.165, 1.54) is 12.1 Å². The Morgan fingerprint density at radius 1 is 0.762 bits per heavy atom. The number of aromatic carboxylic acids is 1. The fourth-order valence-electron chi connectivity index (χ4n) is 1.50. The van der Waals surface area contributed by atoms with Crippen LogP contribution in [0, 0.1) is 0 Å². The second kappa shape index (κ2) is 13.6. The van der Waals surface area contributed by atoms with Gasteiger partial charge in [0, 0.05) is 0 Å². The molecular formula is C14H13K3O4. The summed E-state index contributed by atoms with van der Waals surface area (Å²) in [5.74, 6) is -1.46. The molecule has 1 N–H and O–H groups in total. The van der Waals surface area contributed by atoms with Crippen molar-refractivity contribution in [1.82, 2.24) is 0 Å². The molecule has 0 spiro atoms. The van der Waals surface area contributed by atoms with Gasteiger partial charge in [0.15, 0.2) is 0 Å². The number of hydrogen-bond donors (Lipinski definition) is 1. The molecule has 21 heavy (non-hydrogen) atoms. The van der Waals surface area contributed by atoms with Gasteiger partial charge in [0.05, 0.1) is 11.1 Å². The Hall–Kier alpha value is 2.29. The summed E-state index contributed by atoms with van der Waals surface area (Å²) in [5.41, 5.74) is -0.0349. The zero-order valence-corrected chi connectivity index (χ0v) is 9.37. The second-order valence-electron chi connectivity index (χ2n) is 3.55. The number of ether oxygens (including phenoxy) is 1. The van der Waals surface area contributed by atoms with Crippen molar-refractivity contribution in [2.45, 2.75) is 0 Å². The monoisotopic (exact) mass is 362 g/mol. The molecule has 0 unspecified atom stereocenters. The van der Waals surface area contributed by atoms with E-state index < -0.39 is 11.9 Å². The number of rotatable bonds is 3. The molecule has 0 aliphatic rings. The van der Waals surface area contributed by atoms with E-state index in [0.29, 0.717) is 5.75 Å². The normalized spacial score (nSPS) is 8.38. The van der Waals surface area contributed by atoms with Crippen molar-refractivity contribution in [3.05, 3.63) is 65.7 Å². The van der Waals surface area contributed by atoms with E-state index in [1.807, 2.05) is 0 Å². The molecule has 7 heteroatoms. The van der Waals surface area contributed by atoms with Crippen LogP contribution in [0.5, 0.6) is 5.75 Å². The summed E-state index contributed by atoms with van der Waals surface area (Å²) in [6, 6.07) is 14.4. The first-order valence-corrected chi connectivity index (χ1v) is 5.28. The second-order valence-corrected chi connectivity index (χ2v) is 3.55. The fraction of sp³-hybridized carbons (Fsp3) is 0. The van der Waals surface area contributed by atoms with Crippen LogP contribution in [-0.4, -0.2) is 171 Å². The fourth-order valence-corrected chi connectivity index (χ4v) is 1.50. The van der Waals surface area contributed by atoms with Gasteiger partial charge < -0.3 is 9.84 Å². The van der Waals surface area contributed by atoms with Crippen LogP contribution in [0.15, 0.2) is 54.6 Å². The van der Waals surface area contributed by atoms with Crippen LogP contribution >= 0.6 is 0 Å². The molecule has 2 aromatic rings. The van der Waals surface area contributed by atoms with Crippen molar-refractivity contribution in [3.63, 3.8) is 0 Å². The SMILES string of the molecule is O=C(O)c1ccccc1C(=O)Oc1ccccc1.[KH].[KH].[KH]. The van der Waals surface area contributed by atoms with Gasteiger partial charge in [0.25, 0.3) is 0 Å². The minimum atomic E-state index is -1.16. The van der Waals surface area contributed by atoms with Gasteiger partial charge in [-0.05, 0) is 24.3 Å². The van der Waals surface area contributed by atoms with Crippen LogP contribution < -0.4 is 4.74 Å².